The molecule has 0 aliphatic rings. The molecule has 0 aliphatic heterocycles. The van der Waals surface area contributed by atoms with Crippen molar-refractivity contribution in [2.45, 2.75) is 13.5 Å². The molecule has 88 valence electrons. The smallest absolute Gasteiger partial charge is 0.146 e. The van der Waals surface area contributed by atoms with Crippen LogP contribution in [0.2, 0.25) is 0 Å². The highest BCUT2D eigenvalue weighted by Crippen LogP contribution is 2.16. The first-order chi connectivity index (χ1) is 8.15. The highest BCUT2D eigenvalue weighted by atomic mass is 127. The summed E-state index contributed by atoms with van der Waals surface area (Å²) in [5, 5.41) is 3.10. The van der Waals surface area contributed by atoms with Crippen molar-refractivity contribution in [3.8, 4) is 0 Å². The van der Waals surface area contributed by atoms with Gasteiger partial charge in [0.25, 0.3) is 0 Å². The van der Waals surface area contributed by atoms with Crippen LogP contribution < -0.4 is 5.32 Å². The van der Waals surface area contributed by atoms with Gasteiger partial charge in [-0.05, 0) is 64.9 Å². The van der Waals surface area contributed by atoms with Crippen molar-refractivity contribution in [3.05, 3.63) is 63.0 Å². The molecular formula is C14H13FIN. The number of hydrogen-bond acceptors (Lipinski definition) is 1. The number of hydrogen-bond donors (Lipinski definition) is 1. The first kappa shape index (κ1) is 12.4. The van der Waals surface area contributed by atoms with Gasteiger partial charge in [0.2, 0.25) is 0 Å². The summed E-state index contributed by atoms with van der Waals surface area (Å²) in [4.78, 5) is 0. The second-order valence-corrected chi connectivity index (χ2v) is 5.21. The molecule has 0 heterocycles. The average Bonchev–Trinajstić information content (AvgIpc) is 2.30. The standard InChI is InChI=1S/C14H13FIN/c1-10-2-7-14(13(15)8-10)17-9-11-3-5-12(16)6-4-11/h2-8,17H,9H2,1H3. The summed E-state index contributed by atoms with van der Waals surface area (Å²) in [6.45, 7) is 2.52. The van der Waals surface area contributed by atoms with Crippen LogP contribution in [0, 0.1) is 16.3 Å². The first-order valence-electron chi connectivity index (χ1n) is 5.39. The lowest BCUT2D eigenvalue weighted by Gasteiger charge is -2.08. The van der Waals surface area contributed by atoms with Crippen LogP contribution >= 0.6 is 22.6 Å². The second-order valence-electron chi connectivity index (χ2n) is 3.96. The van der Waals surface area contributed by atoms with Crippen molar-refractivity contribution in [3.63, 3.8) is 0 Å². The Kier molecular flexibility index (Phi) is 3.99. The van der Waals surface area contributed by atoms with E-state index in [1.165, 1.54) is 9.64 Å². The molecule has 0 aliphatic carbocycles. The van der Waals surface area contributed by atoms with Gasteiger partial charge < -0.3 is 5.32 Å². The van der Waals surface area contributed by atoms with Crippen molar-refractivity contribution in [2.75, 3.05) is 5.32 Å². The second kappa shape index (κ2) is 5.49. The Bertz CT molecular complexity index is 508. The van der Waals surface area contributed by atoms with E-state index in [0.717, 1.165) is 11.1 Å². The van der Waals surface area contributed by atoms with E-state index in [9.17, 15) is 4.39 Å². The summed E-state index contributed by atoms with van der Waals surface area (Å²) < 4.78 is 14.8. The minimum absolute atomic E-state index is 0.199. The highest BCUT2D eigenvalue weighted by molar-refractivity contribution is 14.1. The van der Waals surface area contributed by atoms with Crippen molar-refractivity contribution in [2.24, 2.45) is 0 Å². The molecule has 1 N–H and O–H groups in total. The number of halogens is 2. The van der Waals surface area contributed by atoms with Gasteiger partial charge in [0.05, 0.1) is 5.69 Å². The summed E-state index contributed by atoms with van der Waals surface area (Å²) in [5.41, 5.74) is 2.63. The van der Waals surface area contributed by atoms with Gasteiger partial charge in [0, 0.05) is 10.1 Å². The van der Waals surface area contributed by atoms with E-state index >= 15 is 0 Å². The largest absolute Gasteiger partial charge is 0.379 e. The summed E-state index contributed by atoms with van der Waals surface area (Å²) in [6, 6.07) is 13.4. The monoisotopic (exact) mass is 341 g/mol. The summed E-state index contributed by atoms with van der Waals surface area (Å²) in [6.07, 6.45) is 0. The van der Waals surface area contributed by atoms with E-state index in [4.69, 9.17) is 0 Å². The summed E-state index contributed by atoms with van der Waals surface area (Å²) in [5.74, 6) is -0.199. The number of anilines is 1. The van der Waals surface area contributed by atoms with Crippen molar-refractivity contribution < 1.29 is 4.39 Å². The van der Waals surface area contributed by atoms with Gasteiger partial charge in [0.15, 0.2) is 0 Å². The summed E-state index contributed by atoms with van der Waals surface area (Å²) >= 11 is 2.26. The minimum atomic E-state index is -0.199. The maximum absolute atomic E-state index is 13.6. The van der Waals surface area contributed by atoms with E-state index in [0.29, 0.717) is 12.2 Å². The van der Waals surface area contributed by atoms with Crippen LogP contribution in [0.15, 0.2) is 42.5 Å². The van der Waals surface area contributed by atoms with Gasteiger partial charge in [-0.15, -0.1) is 0 Å². The molecule has 2 aromatic rings. The Morgan fingerprint density at radius 3 is 2.47 bits per heavy atom. The van der Waals surface area contributed by atoms with Crippen LogP contribution in [-0.4, -0.2) is 0 Å². The zero-order chi connectivity index (χ0) is 12.3. The predicted molar refractivity (Wildman–Crippen MR) is 77.6 cm³/mol. The lowest BCUT2D eigenvalue weighted by Crippen LogP contribution is -2.01. The van der Waals surface area contributed by atoms with Gasteiger partial charge in [-0.3, -0.25) is 0 Å². The Morgan fingerprint density at radius 2 is 1.82 bits per heavy atom. The zero-order valence-corrected chi connectivity index (χ0v) is 11.7. The van der Waals surface area contributed by atoms with E-state index in [-0.39, 0.29) is 5.82 Å². The van der Waals surface area contributed by atoms with Gasteiger partial charge in [-0.2, -0.15) is 0 Å². The molecule has 1 nitrogen and oxygen atoms in total. The average molecular weight is 341 g/mol. The molecular weight excluding hydrogens is 328 g/mol. The fourth-order valence-electron chi connectivity index (χ4n) is 1.56. The third-order valence-corrected chi connectivity index (χ3v) is 3.24. The molecule has 0 unspecified atom stereocenters. The molecule has 0 aromatic heterocycles. The normalized spacial score (nSPS) is 10.3. The first-order valence-corrected chi connectivity index (χ1v) is 6.47. The number of benzene rings is 2. The maximum atomic E-state index is 13.6. The molecule has 0 amide bonds. The lowest BCUT2D eigenvalue weighted by molar-refractivity contribution is 0.629. The van der Waals surface area contributed by atoms with Crippen molar-refractivity contribution >= 4 is 28.3 Å². The van der Waals surface area contributed by atoms with E-state index in [1.54, 1.807) is 6.07 Å². The van der Waals surface area contributed by atoms with Gasteiger partial charge in [0.1, 0.15) is 5.82 Å². The molecule has 0 radical (unpaired) electrons. The molecule has 0 saturated carbocycles. The van der Waals surface area contributed by atoms with Crippen molar-refractivity contribution in [1.82, 2.24) is 0 Å². The van der Waals surface area contributed by atoms with Crippen LogP contribution in [0.3, 0.4) is 0 Å². The maximum Gasteiger partial charge on any atom is 0.146 e. The SMILES string of the molecule is Cc1ccc(NCc2ccc(I)cc2)c(F)c1. The fraction of sp³-hybridized carbons (Fsp3) is 0.143. The van der Waals surface area contributed by atoms with Gasteiger partial charge in [-0.1, -0.05) is 18.2 Å². The molecule has 0 saturated heterocycles. The molecule has 3 heteroatoms. The minimum Gasteiger partial charge on any atom is -0.379 e. The van der Waals surface area contributed by atoms with Crippen LogP contribution in [0.1, 0.15) is 11.1 Å². The Hall–Kier alpha value is -1.10. The molecule has 0 fully saturated rings. The number of nitrogens with one attached hydrogen (secondary N) is 1. The Morgan fingerprint density at radius 1 is 1.12 bits per heavy atom. The molecule has 2 aromatic carbocycles. The van der Waals surface area contributed by atoms with Gasteiger partial charge >= 0.3 is 0 Å². The topological polar surface area (TPSA) is 12.0 Å². The lowest BCUT2D eigenvalue weighted by atomic mass is 10.2. The Labute approximate surface area is 114 Å². The predicted octanol–water partition coefficient (Wildman–Crippen LogP) is 4.35. The van der Waals surface area contributed by atoms with Crippen LogP contribution in [-0.2, 0) is 6.54 Å². The third kappa shape index (κ3) is 3.43. The van der Waals surface area contributed by atoms with E-state index in [2.05, 4.69) is 27.9 Å². The van der Waals surface area contributed by atoms with E-state index in [1.807, 2.05) is 37.3 Å². The Balaban J connectivity index is 2.04. The van der Waals surface area contributed by atoms with E-state index < -0.39 is 0 Å². The number of aryl methyl sites for hydroxylation is 1. The molecule has 0 spiro atoms. The number of rotatable bonds is 3. The van der Waals surface area contributed by atoms with Gasteiger partial charge in [-0.25, -0.2) is 4.39 Å². The third-order valence-electron chi connectivity index (χ3n) is 2.52. The summed E-state index contributed by atoms with van der Waals surface area (Å²) in [7, 11) is 0. The zero-order valence-electron chi connectivity index (χ0n) is 9.50. The van der Waals surface area contributed by atoms with Crippen LogP contribution in [0.4, 0.5) is 10.1 Å². The molecule has 0 bridgehead atoms. The van der Waals surface area contributed by atoms with Crippen molar-refractivity contribution in [1.29, 1.82) is 0 Å². The highest BCUT2D eigenvalue weighted by Gasteiger charge is 2.01. The quantitative estimate of drug-likeness (QED) is 0.819. The fourth-order valence-corrected chi connectivity index (χ4v) is 1.92. The van der Waals surface area contributed by atoms with Crippen LogP contribution in [0.25, 0.3) is 0 Å². The van der Waals surface area contributed by atoms with Crippen LogP contribution in [0.5, 0.6) is 0 Å². The molecule has 17 heavy (non-hydrogen) atoms. The molecule has 0 atom stereocenters. The molecule has 2 rings (SSSR count).